The maximum absolute atomic E-state index is 12.9. The molecule has 1 amide bonds. The number of carbonyl (C=O) groups excluding carboxylic acids is 1. The zero-order valence-electron chi connectivity index (χ0n) is 14.7. The summed E-state index contributed by atoms with van der Waals surface area (Å²) in [4.78, 5) is 27.5. The lowest BCUT2D eigenvalue weighted by molar-refractivity contribution is -0.138. The zero-order chi connectivity index (χ0) is 18.2. The van der Waals surface area contributed by atoms with Crippen molar-refractivity contribution in [3.63, 3.8) is 0 Å². The highest BCUT2D eigenvalue weighted by Crippen LogP contribution is 2.23. The molecule has 6 nitrogen and oxygen atoms in total. The van der Waals surface area contributed by atoms with E-state index in [2.05, 4.69) is 6.58 Å². The Kier molecular flexibility index (Phi) is 7.01. The fraction of sp³-hybridized carbons (Fsp3) is 0.474. The van der Waals surface area contributed by atoms with E-state index in [0.717, 1.165) is 19.3 Å². The van der Waals surface area contributed by atoms with Crippen LogP contribution >= 0.6 is 0 Å². The minimum absolute atomic E-state index is 0.0246. The number of aliphatic carboxylic acids is 1. The van der Waals surface area contributed by atoms with Crippen LogP contribution < -0.4 is 4.74 Å². The van der Waals surface area contributed by atoms with Gasteiger partial charge in [-0.3, -0.25) is 14.5 Å². The molecule has 1 heterocycles. The molecule has 1 aliphatic heterocycles. The van der Waals surface area contributed by atoms with Gasteiger partial charge in [0.05, 0.1) is 12.1 Å². The third-order valence-electron chi connectivity index (χ3n) is 4.47. The molecule has 0 radical (unpaired) electrons. The Balaban J connectivity index is 2.03. The van der Waals surface area contributed by atoms with Gasteiger partial charge in [0.2, 0.25) is 0 Å². The molecule has 6 heteroatoms. The van der Waals surface area contributed by atoms with Crippen LogP contribution in [-0.4, -0.2) is 66.1 Å². The van der Waals surface area contributed by atoms with Crippen LogP contribution in [0.5, 0.6) is 5.75 Å². The minimum Gasteiger partial charge on any atom is -0.489 e. The number of nitrogens with zero attached hydrogens (tertiary/aromatic N) is 2. The molecule has 0 saturated carbocycles. The number of carboxylic acid groups (broad SMARTS) is 1. The molecule has 1 aliphatic rings. The van der Waals surface area contributed by atoms with E-state index < -0.39 is 5.97 Å². The highest BCUT2D eigenvalue weighted by atomic mass is 16.5. The van der Waals surface area contributed by atoms with Crippen molar-refractivity contribution in [1.29, 1.82) is 0 Å². The summed E-state index contributed by atoms with van der Waals surface area (Å²) in [5.41, 5.74) is 0.557. The summed E-state index contributed by atoms with van der Waals surface area (Å²) in [6.45, 7) is 5.30. The summed E-state index contributed by atoms with van der Waals surface area (Å²) in [6, 6.07) is 7.42. The van der Waals surface area contributed by atoms with Crippen LogP contribution in [0.2, 0.25) is 0 Å². The largest absolute Gasteiger partial charge is 0.489 e. The van der Waals surface area contributed by atoms with Crippen LogP contribution in [0.15, 0.2) is 36.9 Å². The van der Waals surface area contributed by atoms with E-state index in [0.29, 0.717) is 31.0 Å². The molecule has 25 heavy (non-hydrogen) atoms. The van der Waals surface area contributed by atoms with Gasteiger partial charge in [-0.2, -0.15) is 0 Å². The summed E-state index contributed by atoms with van der Waals surface area (Å²) in [7, 11) is 1.83. The third kappa shape index (κ3) is 5.32. The Morgan fingerprint density at radius 2 is 2.12 bits per heavy atom. The maximum Gasteiger partial charge on any atom is 0.317 e. The summed E-state index contributed by atoms with van der Waals surface area (Å²) in [5.74, 6) is -0.301. The molecule has 1 N–H and O–H groups in total. The van der Waals surface area contributed by atoms with E-state index >= 15 is 0 Å². The number of benzene rings is 1. The van der Waals surface area contributed by atoms with Gasteiger partial charge < -0.3 is 14.7 Å². The highest BCUT2D eigenvalue weighted by molar-refractivity contribution is 5.97. The second kappa shape index (κ2) is 9.22. The SMILES string of the molecule is C=CCOc1ccccc1C(=O)N1CCCC(N(C)CC(=O)O)CC1. The van der Waals surface area contributed by atoms with Crippen LogP contribution in [0.4, 0.5) is 0 Å². The standard InChI is InChI=1S/C19H26N2O4/c1-3-13-25-17-9-5-4-8-16(17)19(24)21-11-6-7-15(10-12-21)20(2)14-18(22)23/h3-5,8-9,15H,1,6-7,10-14H2,2H3,(H,22,23). The molecule has 0 bridgehead atoms. The summed E-state index contributed by atoms with van der Waals surface area (Å²) in [6.07, 6.45) is 4.17. The average molecular weight is 346 g/mol. The van der Waals surface area contributed by atoms with Gasteiger partial charge in [-0.05, 0) is 38.4 Å². The molecular formula is C19H26N2O4. The van der Waals surface area contributed by atoms with Crippen molar-refractivity contribution in [2.24, 2.45) is 0 Å². The van der Waals surface area contributed by atoms with E-state index in [9.17, 15) is 9.59 Å². The topological polar surface area (TPSA) is 70.1 Å². The van der Waals surface area contributed by atoms with Crippen molar-refractivity contribution in [3.05, 3.63) is 42.5 Å². The van der Waals surface area contributed by atoms with E-state index in [-0.39, 0.29) is 18.5 Å². The van der Waals surface area contributed by atoms with Crippen LogP contribution in [-0.2, 0) is 4.79 Å². The first-order valence-electron chi connectivity index (χ1n) is 8.57. The number of likely N-dealkylation sites (N-methyl/N-ethyl adjacent to an activating group) is 1. The molecule has 2 rings (SSSR count). The molecule has 1 aromatic carbocycles. The summed E-state index contributed by atoms with van der Waals surface area (Å²) in [5, 5.41) is 8.95. The van der Waals surface area contributed by atoms with Gasteiger partial charge in [0, 0.05) is 19.1 Å². The first-order valence-corrected chi connectivity index (χ1v) is 8.57. The number of ether oxygens (including phenoxy) is 1. The lowest BCUT2D eigenvalue weighted by atomic mass is 10.1. The monoisotopic (exact) mass is 346 g/mol. The first-order chi connectivity index (χ1) is 12.0. The van der Waals surface area contributed by atoms with Crippen LogP contribution in [0.25, 0.3) is 0 Å². The van der Waals surface area contributed by atoms with Crippen LogP contribution in [0.3, 0.4) is 0 Å². The second-order valence-corrected chi connectivity index (χ2v) is 6.28. The van der Waals surface area contributed by atoms with Gasteiger partial charge in [0.25, 0.3) is 5.91 Å². The lowest BCUT2D eigenvalue weighted by Crippen LogP contribution is -2.37. The third-order valence-corrected chi connectivity index (χ3v) is 4.47. The van der Waals surface area contributed by atoms with Gasteiger partial charge in [-0.15, -0.1) is 0 Å². The van der Waals surface area contributed by atoms with Gasteiger partial charge >= 0.3 is 5.97 Å². The van der Waals surface area contributed by atoms with E-state index in [1.807, 2.05) is 29.0 Å². The predicted molar refractivity (Wildman–Crippen MR) is 95.9 cm³/mol. The van der Waals surface area contributed by atoms with Gasteiger partial charge in [0.15, 0.2) is 0 Å². The maximum atomic E-state index is 12.9. The Morgan fingerprint density at radius 1 is 1.36 bits per heavy atom. The van der Waals surface area contributed by atoms with Crippen molar-refractivity contribution in [2.45, 2.75) is 25.3 Å². The quantitative estimate of drug-likeness (QED) is 0.767. The fourth-order valence-corrected chi connectivity index (χ4v) is 3.15. The molecule has 1 fully saturated rings. The Hall–Kier alpha value is -2.34. The number of amides is 1. The second-order valence-electron chi connectivity index (χ2n) is 6.28. The smallest absolute Gasteiger partial charge is 0.317 e. The number of carboxylic acids is 1. The fourth-order valence-electron chi connectivity index (χ4n) is 3.15. The van der Waals surface area contributed by atoms with Gasteiger partial charge in [-0.1, -0.05) is 24.8 Å². The Morgan fingerprint density at radius 3 is 2.84 bits per heavy atom. The Bertz CT molecular complexity index is 617. The number of likely N-dealkylation sites (tertiary alicyclic amines) is 1. The molecule has 0 aliphatic carbocycles. The number of hydrogen-bond acceptors (Lipinski definition) is 4. The predicted octanol–water partition coefficient (Wildman–Crippen LogP) is 2.26. The van der Waals surface area contributed by atoms with Crippen molar-refractivity contribution in [1.82, 2.24) is 9.80 Å². The molecule has 136 valence electrons. The molecule has 1 saturated heterocycles. The van der Waals surface area contributed by atoms with Crippen LogP contribution in [0.1, 0.15) is 29.6 Å². The summed E-state index contributed by atoms with van der Waals surface area (Å²) < 4.78 is 5.59. The number of rotatable bonds is 7. The minimum atomic E-state index is -0.826. The average Bonchev–Trinajstić information content (AvgIpc) is 2.85. The van der Waals surface area contributed by atoms with Crippen molar-refractivity contribution in [2.75, 3.05) is 33.3 Å². The molecule has 0 spiro atoms. The van der Waals surface area contributed by atoms with E-state index in [4.69, 9.17) is 9.84 Å². The summed E-state index contributed by atoms with van der Waals surface area (Å²) >= 11 is 0. The normalized spacial score (nSPS) is 17.8. The van der Waals surface area contributed by atoms with Crippen molar-refractivity contribution >= 4 is 11.9 Å². The molecule has 0 aromatic heterocycles. The molecule has 1 atom stereocenters. The van der Waals surface area contributed by atoms with Gasteiger partial charge in [-0.25, -0.2) is 0 Å². The Labute approximate surface area is 148 Å². The van der Waals surface area contributed by atoms with Crippen molar-refractivity contribution < 1.29 is 19.4 Å². The zero-order valence-corrected chi connectivity index (χ0v) is 14.7. The highest BCUT2D eigenvalue weighted by Gasteiger charge is 2.25. The van der Waals surface area contributed by atoms with E-state index in [1.54, 1.807) is 18.2 Å². The molecule has 1 unspecified atom stereocenters. The molecule has 1 aromatic rings. The number of hydrogen-bond donors (Lipinski definition) is 1. The lowest BCUT2D eigenvalue weighted by Gasteiger charge is -2.26. The van der Waals surface area contributed by atoms with Gasteiger partial charge in [0.1, 0.15) is 12.4 Å². The number of para-hydroxylation sites is 1. The first kappa shape index (κ1) is 19.0. The number of carbonyl (C=O) groups is 2. The van der Waals surface area contributed by atoms with E-state index in [1.165, 1.54) is 0 Å². The van der Waals surface area contributed by atoms with Crippen LogP contribution in [0, 0.1) is 0 Å². The molecular weight excluding hydrogens is 320 g/mol. The van der Waals surface area contributed by atoms with Crippen molar-refractivity contribution in [3.8, 4) is 5.75 Å².